The van der Waals surface area contributed by atoms with Gasteiger partial charge >= 0.3 is 0 Å². The van der Waals surface area contributed by atoms with Gasteiger partial charge in [0.25, 0.3) is 5.91 Å². The third-order valence-electron chi connectivity index (χ3n) is 5.52. The maximum Gasteiger partial charge on any atom is 0.255 e. The minimum atomic E-state index is -0.649. The number of nitrogens with zero attached hydrogens (tertiary/aromatic N) is 1. The van der Waals surface area contributed by atoms with Crippen molar-refractivity contribution in [2.45, 2.75) is 56.8 Å². The summed E-state index contributed by atoms with van der Waals surface area (Å²) in [6, 6.07) is 6.60. The molecule has 144 valence electrons. The summed E-state index contributed by atoms with van der Waals surface area (Å²) in [4.78, 5) is 39.4. The Morgan fingerprint density at radius 3 is 2.74 bits per heavy atom. The first-order valence-corrected chi connectivity index (χ1v) is 9.66. The highest BCUT2D eigenvalue weighted by atomic mass is 16.5. The Morgan fingerprint density at radius 1 is 1.26 bits per heavy atom. The van der Waals surface area contributed by atoms with Gasteiger partial charge in [-0.25, -0.2) is 0 Å². The molecule has 3 aliphatic rings. The molecule has 0 radical (unpaired) electrons. The van der Waals surface area contributed by atoms with Crippen LogP contribution in [0.15, 0.2) is 24.3 Å². The Labute approximate surface area is 158 Å². The first kappa shape index (κ1) is 18.0. The van der Waals surface area contributed by atoms with Crippen molar-refractivity contribution in [1.82, 2.24) is 15.5 Å². The van der Waals surface area contributed by atoms with Crippen LogP contribution in [0.2, 0.25) is 0 Å². The Morgan fingerprint density at radius 2 is 2.04 bits per heavy atom. The molecule has 2 N–H and O–H groups in total. The number of nitrogens with one attached hydrogen (secondary N) is 2. The number of carbonyl (C=O) groups is 3. The second-order valence-corrected chi connectivity index (χ2v) is 7.56. The van der Waals surface area contributed by atoms with E-state index in [-0.39, 0.29) is 42.5 Å². The van der Waals surface area contributed by atoms with Crippen molar-refractivity contribution >= 4 is 17.7 Å². The molecule has 0 unspecified atom stereocenters. The van der Waals surface area contributed by atoms with Crippen molar-refractivity contribution in [2.24, 2.45) is 0 Å². The van der Waals surface area contributed by atoms with E-state index in [1.54, 1.807) is 11.0 Å². The predicted octanol–water partition coefficient (Wildman–Crippen LogP) is 1.15. The lowest BCUT2D eigenvalue weighted by atomic mass is 10.0. The van der Waals surface area contributed by atoms with E-state index < -0.39 is 6.04 Å². The van der Waals surface area contributed by atoms with Crippen LogP contribution in [-0.4, -0.2) is 54.0 Å². The second-order valence-electron chi connectivity index (χ2n) is 7.56. The lowest BCUT2D eigenvalue weighted by molar-refractivity contribution is -0.129. The lowest BCUT2D eigenvalue weighted by Crippen LogP contribution is -2.47. The molecule has 7 heteroatoms. The summed E-state index contributed by atoms with van der Waals surface area (Å²) in [5.41, 5.74) is 1.31. The van der Waals surface area contributed by atoms with Crippen LogP contribution >= 0.6 is 0 Å². The number of hydrogen-bond acceptors (Lipinski definition) is 4. The number of ether oxygens (including phenoxy) is 1. The van der Waals surface area contributed by atoms with E-state index in [0.29, 0.717) is 5.56 Å². The van der Waals surface area contributed by atoms with Crippen LogP contribution in [0.3, 0.4) is 0 Å². The molecule has 2 fully saturated rings. The second kappa shape index (κ2) is 7.31. The van der Waals surface area contributed by atoms with Gasteiger partial charge in [0, 0.05) is 18.2 Å². The van der Waals surface area contributed by atoms with Crippen molar-refractivity contribution < 1.29 is 19.1 Å². The molecular weight excluding hydrogens is 346 g/mol. The zero-order chi connectivity index (χ0) is 19.0. The summed E-state index contributed by atoms with van der Waals surface area (Å²) in [6.45, 7) is 2.53. The molecule has 1 saturated heterocycles. The SMILES string of the molecule is C[C@H](NC(=O)CNC(=O)[C@@H]1c2ccccc2C(=O)N1C1CC1)[C@H]1CCCO1. The molecule has 4 rings (SSSR count). The highest BCUT2D eigenvalue weighted by Gasteiger charge is 2.47. The minimum Gasteiger partial charge on any atom is -0.376 e. The van der Waals surface area contributed by atoms with Gasteiger partial charge in [-0.15, -0.1) is 0 Å². The molecule has 0 aromatic heterocycles. The smallest absolute Gasteiger partial charge is 0.255 e. The van der Waals surface area contributed by atoms with Crippen molar-refractivity contribution in [2.75, 3.05) is 13.2 Å². The van der Waals surface area contributed by atoms with Crippen molar-refractivity contribution in [3.63, 3.8) is 0 Å². The number of carbonyl (C=O) groups excluding carboxylic acids is 3. The van der Waals surface area contributed by atoms with Gasteiger partial charge < -0.3 is 20.3 Å². The van der Waals surface area contributed by atoms with Gasteiger partial charge in [0.1, 0.15) is 6.04 Å². The van der Waals surface area contributed by atoms with E-state index >= 15 is 0 Å². The fourth-order valence-electron chi connectivity index (χ4n) is 3.99. The molecule has 7 nitrogen and oxygen atoms in total. The first-order valence-electron chi connectivity index (χ1n) is 9.66. The quantitative estimate of drug-likeness (QED) is 0.785. The third-order valence-corrected chi connectivity index (χ3v) is 5.52. The zero-order valence-corrected chi connectivity index (χ0v) is 15.4. The van der Waals surface area contributed by atoms with E-state index in [1.165, 1.54) is 0 Å². The molecule has 3 amide bonds. The Balaban J connectivity index is 1.38. The average Bonchev–Trinajstić information content (AvgIpc) is 3.25. The van der Waals surface area contributed by atoms with E-state index in [2.05, 4.69) is 10.6 Å². The molecule has 0 spiro atoms. The van der Waals surface area contributed by atoms with Gasteiger partial charge in [-0.1, -0.05) is 18.2 Å². The number of benzene rings is 1. The Hall–Kier alpha value is -2.41. The van der Waals surface area contributed by atoms with Gasteiger partial charge in [0.2, 0.25) is 11.8 Å². The summed E-state index contributed by atoms with van der Waals surface area (Å²) in [5.74, 6) is -0.647. The third kappa shape index (κ3) is 3.56. The maximum atomic E-state index is 12.8. The molecule has 27 heavy (non-hydrogen) atoms. The molecule has 0 bridgehead atoms. The van der Waals surface area contributed by atoms with Crippen LogP contribution in [0.4, 0.5) is 0 Å². The van der Waals surface area contributed by atoms with Crippen LogP contribution < -0.4 is 10.6 Å². The van der Waals surface area contributed by atoms with E-state index in [9.17, 15) is 14.4 Å². The van der Waals surface area contributed by atoms with Crippen molar-refractivity contribution in [3.05, 3.63) is 35.4 Å². The van der Waals surface area contributed by atoms with Crippen LogP contribution in [-0.2, 0) is 14.3 Å². The van der Waals surface area contributed by atoms with Gasteiger partial charge in [-0.3, -0.25) is 14.4 Å². The molecule has 3 atom stereocenters. The molecule has 2 heterocycles. The normalized spacial score (nSPS) is 25.2. The molecule has 2 aliphatic heterocycles. The number of fused-ring (bicyclic) bond motifs is 1. The van der Waals surface area contributed by atoms with Gasteiger partial charge in [0.15, 0.2) is 0 Å². The first-order chi connectivity index (χ1) is 13.1. The standard InChI is InChI=1S/C20H25N3O4/c1-12(16-7-4-10-27-16)22-17(24)11-21-19(25)18-14-5-2-3-6-15(14)20(26)23(18)13-8-9-13/h2-3,5-6,12-13,16,18H,4,7-11H2,1H3,(H,21,25)(H,22,24)/t12-,16+,18-/m0/s1. The van der Waals surface area contributed by atoms with Gasteiger partial charge in [-0.05, 0) is 44.2 Å². The van der Waals surface area contributed by atoms with Crippen LogP contribution in [0.5, 0.6) is 0 Å². The summed E-state index contributed by atoms with van der Waals surface area (Å²) < 4.78 is 5.57. The zero-order valence-electron chi connectivity index (χ0n) is 15.4. The highest BCUT2D eigenvalue weighted by molar-refractivity contribution is 6.05. The topological polar surface area (TPSA) is 87.7 Å². The van der Waals surface area contributed by atoms with Gasteiger partial charge in [0.05, 0.1) is 18.7 Å². The molecule has 1 aliphatic carbocycles. The molecule has 1 saturated carbocycles. The Bertz CT molecular complexity index is 755. The Kier molecular flexibility index (Phi) is 4.86. The summed E-state index contributed by atoms with van der Waals surface area (Å²) in [5, 5.41) is 5.59. The van der Waals surface area contributed by atoms with Crippen molar-refractivity contribution in [3.8, 4) is 0 Å². The van der Waals surface area contributed by atoms with Crippen LogP contribution in [0, 0.1) is 0 Å². The van der Waals surface area contributed by atoms with E-state index in [4.69, 9.17) is 4.74 Å². The number of hydrogen-bond donors (Lipinski definition) is 2. The number of rotatable bonds is 6. The summed E-state index contributed by atoms with van der Waals surface area (Å²) in [6.07, 6.45) is 3.82. The summed E-state index contributed by atoms with van der Waals surface area (Å²) >= 11 is 0. The van der Waals surface area contributed by atoms with Gasteiger partial charge in [-0.2, -0.15) is 0 Å². The van der Waals surface area contributed by atoms with Crippen LogP contribution in [0.25, 0.3) is 0 Å². The van der Waals surface area contributed by atoms with Crippen LogP contribution in [0.1, 0.15) is 54.6 Å². The maximum absolute atomic E-state index is 12.8. The fraction of sp³-hybridized carbons (Fsp3) is 0.550. The highest BCUT2D eigenvalue weighted by Crippen LogP contribution is 2.41. The largest absolute Gasteiger partial charge is 0.376 e. The summed E-state index contributed by atoms with van der Waals surface area (Å²) in [7, 11) is 0. The number of amides is 3. The molecular formula is C20H25N3O4. The van der Waals surface area contributed by atoms with E-state index in [1.807, 2.05) is 25.1 Å². The lowest BCUT2D eigenvalue weighted by Gasteiger charge is -2.25. The fourth-order valence-corrected chi connectivity index (χ4v) is 3.99. The van der Waals surface area contributed by atoms with E-state index in [0.717, 1.165) is 37.9 Å². The molecule has 1 aromatic carbocycles. The van der Waals surface area contributed by atoms with Crippen molar-refractivity contribution in [1.29, 1.82) is 0 Å². The monoisotopic (exact) mass is 371 g/mol. The average molecular weight is 371 g/mol. The predicted molar refractivity (Wildman–Crippen MR) is 98.0 cm³/mol. The molecule has 1 aromatic rings. The minimum absolute atomic E-state index is 0.0364.